The molecular weight excluding hydrogens is 558 g/mol. The van der Waals surface area contributed by atoms with E-state index in [1.807, 2.05) is 52.0 Å². The maximum Gasteiger partial charge on any atom is 2.00 e. The van der Waals surface area contributed by atoms with E-state index < -0.39 is 5.41 Å². The molecule has 0 spiro atoms. The van der Waals surface area contributed by atoms with Crippen molar-refractivity contribution in [3.63, 3.8) is 0 Å². The third-order valence-corrected chi connectivity index (χ3v) is 7.18. The van der Waals surface area contributed by atoms with Gasteiger partial charge in [-0.1, -0.05) is 104 Å². The van der Waals surface area contributed by atoms with Crippen molar-refractivity contribution in [2.75, 3.05) is 13.2 Å². The van der Waals surface area contributed by atoms with Gasteiger partial charge in [0, 0.05) is 23.1 Å². The van der Waals surface area contributed by atoms with Crippen LogP contribution in [0.15, 0.2) is 24.3 Å². The Bertz CT molecular complexity index is 699. The van der Waals surface area contributed by atoms with Crippen LogP contribution in [0.5, 0.6) is 5.75 Å². The van der Waals surface area contributed by atoms with Gasteiger partial charge < -0.3 is 28.6 Å². The zero-order valence-corrected chi connectivity index (χ0v) is 28.4. The van der Waals surface area contributed by atoms with Crippen molar-refractivity contribution in [2.24, 2.45) is 5.41 Å². The van der Waals surface area contributed by atoms with Crippen molar-refractivity contribution in [3.8, 4) is 5.75 Å². The predicted molar refractivity (Wildman–Crippen MR) is 169 cm³/mol. The zero-order valence-electron chi connectivity index (χ0n) is 26.4. The monoisotopic (exact) mass is 617 g/mol. The molecule has 1 N–H and O–H groups in total. The van der Waals surface area contributed by atoms with Gasteiger partial charge >= 0.3 is 17.4 Å². The fraction of sp³-hybridized carbons (Fsp3) is 0.735. The Balaban J connectivity index is 0. The van der Waals surface area contributed by atoms with Crippen LogP contribution in [0, 0.1) is 19.3 Å². The van der Waals surface area contributed by atoms with Crippen molar-refractivity contribution < 1.29 is 31.6 Å². The first-order valence-electron chi connectivity index (χ1n) is 15.6. The van der Waals surface area contributed by atoms with E-state index in [0.717, 1.165) is 62.3 Å². The molecule has 1 aromatic carbocycles. The molecule has 0 saturated carbocycles. The molecule has 0 saturated heterocycles. The number of carbonyl (C=O) groups is 1. The van der Waals surface area contributed by atoms with E-state index in [9.17, 15) is 4.79 Å². The number of unbranched alkanes of at least 4 members (excludes halogenated alkanes) is 10. The topological polar surface area (TPSA) is 47.6 Å². The molecule has 0 heterocycles. The van der Waals surface area contributed by atoms with E-state index in [4.69, 9.17) is 21.1 Å². The molecule has 4 nitrogen and oxygen atoms in total. The molecule has 1 amide bonds. The maximum atomic E-state index is 12.9. The summed E-state index contributed by atoms with van der Waals surface area (Å²) in [6.07, 6.45) is 17.0. The summed E-state index contributed by atoms with van der Waals surface area (Å²) >= 11 is 5.90. The SMILES string of the molecule is [CH2-]CC.[CH2-]CC(OCCCCCCCCCC)C(C)NC(=O)C(C)(C)CCCCCCOc1ccc(Cl)cc1.[Cr+2]. The van der Waals surface area contributed by atoms with Crippen molar-refractivity contribution in [1.29, 1.82) is 0 Å². The molecule has 0 aliphatic rings. The van der Waals surface area contributed by atoms with E-state index in [0.29, 0.717) is 13.0 Å². The molecule has 0 aliphatic carbocycles. The molecule has 0 aromatic heterocycles. The van der Waals surface area contributed by atoms with Crippen LogP contribution >= 0.6 is 11.6 Å². The van der Waals surface area contributed by atoms with Crippen LogP contribution < -0.4 is 10.1 Å². The molecule has 0 radical (unpaired) electrons. The molecule has 0 fully saturated rings. The summed E-state index contributed by atoms with van der Waals surface area (Å²) in [5.74, 6) is 0.962. The molecule has 2 atom stereocenters. The minimum Gasteiger partial charge on any atom is -0.494 e. The number of amides is 1. The van der Waals surface area contributed by atoms with E-state index in [1.54, 1.807) is 0 Å². The second-order valence-electron chi connectivity index (χ2n) is 11.3. The molecule has 0 bridgehead atoms. The standard InChI is InChI=1S/C31H53ClNO3.C3H7.Cr/c1-6-8-9-10-11-12-14-18-25-36-29(7-2)26(3)33-30(34)31(4,5)23-16-13-15-17-24-35-28-21-19-27(32)20-22-28;1-3-2;/h19-22,26,29H,2,6-18,23-25H2,1,3-5H3,(H,33,34);1,3H2,2H3;/q2*-1;+2. The Morgan fingerprint density at radius 1 is 0.875 bits per heavy atom. The van der Waals surface area contributed by atoms with E-state index in [-0.39, 0.29) is 35.4 Å². The maximum absolute atomic E-state index is 12.9. The molecule has 1 rings (SSSR count). The second-order valence-corrected chi connectivity index (χ2v) is 11.7. The summed E-state index contributed by atoms with van der Waals surface area (Å²) in [6.45, 7) is 19.4. The van der Waals surface area contributed by atoms with Crippen LogP contribution in [0.1, 0.15) is 131 Å². The van der Waals surface area contributed by atoms with Crippen LogP contribution in [-0.4, -0.2) is 31.3 Å². The average Bonchev–Trinajstić information content (AvgIpc) is 2.90. The molecule has 232 valence electrons. The average molecular weight is 618 g/mol. The van der Waals surface area contributed by atoms with Crippen molar-refractivity contribution >= 4 is 17.5 Å². The minimum atomic E-state index is -0.391. The first-order chi connectivity index (χ1) is 18.7. The Kier molecular flexibility index (Phi) is 28.1. The number of halogens is 1. The summed E-state index contributed by atoms with van der Waals surface area (Å²) in [5.41, 5.74) is -0.391. The van der Waals surface area contributed by atoms with Gasteiger partial charge in [0.15, 0.2) is 0 Å². The van der Waals surface area contributed by atoms with Gasteiger partial charge in [-0.3, -0.25) is 4.79 Å². The Morgan fingerprint density at radius 2 is 1.38 bits per heavy atom. The van der Waals surface area contributed by atoms with Gasteiger partial charge in [-0.2, -0.15) is 12.8 Å². The summed E-state index contributed by atoms with van der Waals surface area (Å²) < 4.78 is 11.8. The van der Waals surface area contributed by atoms with Gasteiger partial charge in [0.25, 0.3) is 0 Å². The summed E-state index contributed by atoms with van der Waals surface area (Å²) in [4.78, 5) is 12.9. The van der Waals surface area contributed by atoms with Gasteiger partial charge in [0.05, 0.1) is 12.7 Å². The summed E-state index contributed by atoms with van der Waals surface area (Å²) in [6, 6.07) is 7.44. The predicted octanol–water partition coefficient (Wildman–Crippen LogP) is 10.2. The molecule has 0 aliphatic heterocycles. The first-order valence-corrected chi connectivity index (χ1v) is 16.0. The van der Waals surface area contributed by atoms with Crippen molar-refractivity contribution in [2.45, 2.75) is 143 Å². The summed E-state index contributed by atoms with van der Waals surface area (Å²) in [5, 5.41) is 3.92. The molecule has 40 heavy (non-hydrogen) atoms. The second kappa shape index (κ2) is 27.1. The largest absolute Gasteiger partial charge is 2.00 e. The number of ether oxygens (including phenoxy) is 2. The fourth-order valence-corrected chi connectivity index (χ4v) is 4.43. The fourth-order valence-electron chi connectivity index (χ4n) is 4.30. The zero-order chi connectivity index (χ0) is 29.4. The molecule has 1 aromatic rings. The Morgan fingerprint density at radius 3 is 1.93 bits per heavy atom. The first kappa shape index (κ1) is 41.4. The van der Waals surface area contributed by atoms with Crippen molar-refractivity contribution in [3.05, 3.63) is 43.1 Å². The van der Waals surface area contributed by atoms with Gasteiger partial charge in [0.1, 0.15) is 5.75 Å². The smallest absolute Gasteiger partial charge is 0.494 e. The number of rotatable bonds is 22. The van der Waals surface area contributed by atoms with E-state index in [2.05, 4.69) is 26.1 Å². The number of carbonyl (C=O) groups excluding carboxylic acids is 1. The quantitative estimate of drug-likeness (QED) is 0.104. The van der Waals surface area contributed by atoms with Crippen LogP contribution in [0.2, 0.25) is 5.02 Å². The summed E-state index contributed by atoms with van der Waals surface area (Å²) in [7, 11) is 0. The van der Waals surface area contributed by atoms with E-state index in [1.165, 1.54) is 44.9 Å². The van der Waals surface area contributed by atoms with Gasteiger partial charge in [-0.25, -0.2) is 0 Å². The molecule has 2 unspecified atom stereocenters. The van der Waals surface area contributed by atoms with Gasteiger partial charge in [-0.05, 0) is 50.5 Å². The van der Waals surface area contributed by atoms with Crippen LogP contribution in [0.3, 0.4) is 0 Å². The van der Waals surface area contributed by atoms with Gasteiger partial charge in [-0.15, -0.1) is 0 Å². The van der Waals surface area contributed by atoms with Crippen LogP contribution in [-0.2, 0) is 26.9 Å². The number of hydrogen-bond acceptors (Lipinski definition) is 3. The minimum absolute atomic E-state index is 0. The molecule has 6 heteroatoms. The van der Waals surface area contributed by atoms with Crippen LogP contribution in [0.4, 0.5) is 0 Å². The number of nitrogens with one attached hydrogen (secondary N) is 1. The Hall–Kier alpha value is -0.728. The number of hydrogen-bond donors (Lipinski definition) is 1. The van der Waals surface area contributed by atoms with Crippen molar-refractivity contribution in [1.82, 2.24) is 5.32 Å². The third kappa shape index (κ3) is 21.9. The van der Waals surface area contributed by atoms with Crippen LogP contribution in [0.25, 0.3) is 0 Å². The number of benzene rings is 1. The van der Waals surface area contributed by atoms with Gasteiger partial charge in [0.2, 0.25) is 5.91 Å². The van der Waals surface area contributed by atoms with E-state index >= 15 is 0 Å². The third-order valence-electron chi connectivity index (χ3n) is 6.92. The normalized spacial score (nSPS) is 12.5. The Labute approximate surface area is 264 Å². The molecular formula is C34H60ClCrNO3.